The SMILES string of the molecule is O=C(O)[C@@H]1[C@@H](CN2C(=O)c3ccccc3C2=O)CC[C@H]1C(=O)c1ccc(-c2ccc(Cl)cc2)cc1. The highest BCUT2D eigenvalue weighted by Gasteiger charge is 2.47. The number of carboxylic acid groups (broad SMARTS) is 1. The minimum Gasteiger partial charge on any atom is -0.481 e. The van der Waals surface area contributed by atoms with E-state index in [1.165, 1.54) is 0 Å². The van der Waals surface area contributed by atoms with Gasteiger partial charge in [0.05, 0.1) is 17.0 Å². The van der Waals surface area contributed by atoms with Gasteiger partial charge in [0.2, 0.25) is 0 Å². The Morgan fingerprint density at radius 3 is 1.91 bits per heavy atom. The molecule has 2 aliphatic rings. The van der Waals surface area contributed by atoms with Crippen LogP contribution in [0, 0.1) is 17.8 Å². The maximum atomic E-state index is 13.3. The number of imide groups is 1. The van der Waals surface area contributed by atoms with Crippen LogP contribution in [0.15, 0.2) is 72.8 Å². The first-order valence-corrected chi connectivity index (χ1v) is 11.8. The summed E-state index contributed by atoms with van der Waals surface area (Å²) in [5.41, 5.74) is 2.98. The molecule has 0 aromatic heterocycles. The molecule has 6 nitrogen and oxygen atoms in total. The largest absolute Gasteiger partial charge is 0.481 e. The molecule has 3 atom stereocenters. The molecule has 5 rings (SSSR count). The molecule has 2 amide bonds. The number of nitrogens with zero attached hydrogens (tertiary/aromatic N) is 1. The molecule has 1 aliphatic carbocycles. The predicted octanol–water partition coefficient (Wildman–Crippen LogP) is 5.21. The van der Waals surface area contributed by atoms with Crippen LogP contribution in [0.5, 0.6) is 0 Å². The Hall–Kier alpha value is -3.77. The molecule has 0 saturated heterocycles. The van der Waals surface area contributed by atoms with E-state index in [1.54, 1.807) is 48.5 Å². The highest BCUT2D eigenvalue weighted by atomic mass is 35.5. The molecule has 3 aromatic rings. The minimum absolute atomic E-state index is 0.0113. The lowest BCUT2D eigenvalue weighted by atomic mass is 9.84. The molecule has 0 spiro atoms. The molecule has 0 unspecified atom stereocenters. The minimum atomic E-state index is -1.08. The molecule has 7 heteroatoms. The molecular formula is C28H22ClNO5. The first-order valence-electron chi connectivity index (χ1n) is 11.4. The van der Waals surface area contributed by atoms with Crippen molar-refractivity contribution in [2.75, 3.05) is 6.54 Å². The predicted molar refractivity (Wildman–Crippen MR) is 130 cm³/mol. The molecule has 0 bridgehead atoms. The second-order valence-corrected chi connectivity index (χ2v) is 9.46. The Balaban J connectivity index is 1.33. The number of carbonyl (C=O) groups is 4. The second kappa shape index (κ2) is 9.12. The zero-order valence-corrected chi connectivity index (χ0v) is 19.4. The highest BCUT2D eigenvalue weighted by molar-refractivity contribution is 6.30. The Morgan fingerprint density at radius 1 is 0.829 bits per heavy atom. The molecule has 1 fully saturated rings. The normalized spacial score (nSPS) is 21.3. The van der Waals surface area contributed by atoms with E-state index < -0.39 is 35.5 Å². The topological polar surface area (TPSA) is 91.8 Å². The van der Waals surface area contributed by atoms with Gasteiger partial charge in [0.1, 0.15) is 0 Å². The van der Waals surface area contributed by atoms with Crippen LogP contribution < -0.4 is 0 Å². The van der Waals surface area contributed by atoms with Gasteiger partial charge in [-0.3, -0.25) is 24.1 Å². The molecule has 1 N–H and O–H groups in total. The van der Waals surface area contributed by atoms with Gasteiger partial charge in [-0.05, 0) is 54.2 Å². The molecule has 1 heterocycles. The third-order valence-electron chi connectivity index (χ3n) is 7.05. The molecule has 3 aromatic carbocycles. The fourth-order valence-corrected chi connectivity index (χ4v) is 5.40. The number of Topliss-reactive ketones (excluding diaryl/α,β-unsaturated/α-hetero) is 1. The zero-order chi connectivity index (χ0) is 24.7. The van der Waals surface area contributed by atoms with E-state index in [9.17, 15) is 24.3 Å². The number of halogens is 1. The van der Waals surface area contributed by atoms with Gasteiger partial charge in [-0.25, -0.2) is 0 Å². The third-order valence-corrected chi connectivity index (χ3v) is 7.31. The van der Waals surface area contributed by atoms with Crippen molar-refractivity contribution in [2.45, 2.75) is 12.8 Å². The fraction of sp³-hybridized carbons (Fsp3) is 0.214. The summed E-state index contributed by atoms with van der Waals surface area (Å²) in [5, 5.41) is 10.6. The summed E-state index contributed by atoms with van der Waals surface area (Å²) >= 11 is 5.95. The molecule has 0 radical (unpaired) electrons. The summed E-state index contributed by atoms with van der Waals surface area (Å²) in [6.07, 6.45) is 0.839. The molecule has 1 saturated carbocycles. The summed E-state index contributed by atoms with van der Waals surface area (Å²) in [4.78, 5) is 52.2. The maximum absolute atomic E-state index is 13.3. The van der Waals surface area contributed by atoms with Gasteiger partial charge in [0.15, 0.2) is 5.78 Å². The smallest absolute Gasteiger partial charge is 0.307 e. The average Bonchev–Trinajstić information content (AvgIpc) is 3.40. The van der Waals surface area contributed by atoms with Crippen LogP contribution in [0.4, 0.5) is 0 Å². The number of rotatable bonds is 6. The standard InChI is InChI=1S/C28H22ClNO5/c29-20-12-9-17(10-13-20)16-5-7-18(8-6-16)25(31)23-14-11-19(24(23)28(34)35)15-30-26(32)21-3-1-2-4-22(21)27(30)33/h1-10,12-13,19,23-24H,11,14-15H2,(H,34,35)/t19-,23-,24-/m1/s1. The average molecular weight is 488 g/mol. The van der Waals surface area contributed by atoms with Crippen molar-refractivity contribution in [1.29, 1.82) is 0 Å². The van der Waals surface area contributed by atoms with Gasteiger partial charge >= 0.3 is 5.97 Å². The zero-order valence-electron chi connectivity index (χ0n) is 18.7. The molecule has 35 heavy (non-hydrogen) atoms. The summed E-state index contributed by atoms with van der Waals surface area (Å²) < 4.78 is 0. The van der Waals surface area contributed by atoms with E-state index in [0.717, 1.165) is 16.0 Å². The number of carbonyl (C=O) groups excluding carboxylic acids is 3. The van der Waals surface area contributed by atoms with E-state index in [-0.39, 0.29) is 12.3 Å². The molecule has 176 valence electrons. The van der Waals surface area contributed by atoms with Crippen LogP contribution in [-0.2, 0) is 4.79 Å². The van der Waals surface area contributed by atoms with E-state index in [4.69, 9.17) is 11.6 Å². The van der Waals surface area contributed by atoms with Crippen molar-refractivity contribution in [3.8, 4) is 11.1 Å². The monoisotopic (exact) mass is 487 g/mol. The quantitative estimate of drug-likeness (QED) is 0.380. The van der Waals surface area contributed by atoms with Crippen molar-refractivity contribution >= 4 is 35.2 Å². The number of amides is 2. The van der Waals surface area contributed by atoms with Gasteiger partial charge in [-0.1, -0.05) is 60.1 Å². The summed E-state index contributed by atoms with van der Waals surface area (Å²) in [6, 6.07) is 21.0. The summed E-state index contributed by atoms with van der Waals surface area (Å²) in [7, 11) is 0. The summed E-state index contributed by atoms with van der Waals surface area (Å²) in [6.45, 7) is -0.0113. The number of carboxylic acids is 1. The van der Waals surface area contributed by atoms with Crippen molar-refractivity contribution < 1.29 is 24.3 Å². The van der Waals surface area contributed by atoms with Gasteiger partial charge in [0.25, 0.3) is 11.8 Å². The number of benzene rings is 3. The van der Waals surface area contributed by atoms with Gasteiger partial charge in [-0.2, -0.15) is 0 Å². The number of hydrogen-bond donors (Lipinski definition) is 1. The molecule has 1 aliphatic heterocycles. The van der Waals surface area contributed by atoms with Crippen molar-refractivity contribution in [3.05, 3.63) is 94.5 Å². The number of fused-ring (bicyclic) bond motifs is 1. The Morgan fingerprint density at radius 2 is 1.37 bits per heavy atom. The summed E-state index contributed by atoms with van der Waals surface area (Å²) in [5.74, 6) is -4.32. The van der Waals surface area contributed by atoms with Crippen molar-refractivity contribution in [2.24, 2.45) is 17.8 Å². The van der Waals surface area contributed by atoms with Gasteiger partial charge in [0, 0.05) is 23.0 Å². The first kappa shape index (κ1) is 23.0. The number of hydrogen-bond acceptors (Lipinski definition) is 4. The number of ketones is 1. The van der Waals surface area contributed by atoms with Crippen LogP contribution >= 0.6 is 11.6 Å². The lowest BCUT2D eigenvalue weighted by Crippen LogP contribution is -2.39. The van der Waals surface area contributed by atoms with Gasteiger partial charge in [-0.15, -0.1) is 0 Å². The fourth-order valence-electron chi connectivity index (χ4n) is 5.28. The number of aliphatic carboxylic acids is 1. The van der Waals surface area contributed by atoms with Crippen LogP contribution in [0.1, 0.15) is 43.9 Å². The van der Waals surface area contributed by atoms with Crippen LogP contribution in [0.25, 0.3) is 11.1 Å². The Bertz CT molecular complexity index is 1300. The second-order valence-electron chi connectivity index (χ2n) is 9.02. The van der Waals surface area contributed by atoms with E-state index in [1.807, 2.05) is 24.3 Å². The molecular weight excluding hydrogens is 466 g/mol. The maximum Gasteiger partial charge on any atom is 0.307 e. The van der Waals surface area contributed by atoms with E-state index >= 15 is 0 Å². The lowest BCUT2D eigenvalue weighted by molar-refractivity contribution is -0.144. The lowest BCUT2D eigenvalue weighted by Gasteiger charge is -2.24. The van der Waals surface area contributed by atoms with Crippen LogP contribution in [-0.4, -0.2) is 40.1 Å². The van der Waals surface area contributed by atoms with Crippen LogP contribution in [0.2, 0.25) is 5.02 Å². The Kier molecular flexibility index (Phi) is 5.99. The third kappa shape index (κ3) is 4.15. The van der Waals surface area contributed by atoms with Crippen molar-refractivity contribution in [1.82, 2.24) is 4.90 Å². The van der Waals surface area contributed by atoms with E-state index in [2.05, 4.69) is 0 Å². The van der Waals surface area contributed by atoms with E-state index in [0.29, 0.717) is 34.6 Å². The Labute approximate surface area is 207 Å². The van der Waals surface area contributed by atoms with Crippen molar-refractivity contribution in [3.63, 3.8) is 0 Å². The van der Waals surface area contributed by atoms with Gasteiger partial charge < -0.3 is 5.11 Å². The van der Waals surface area contributed by atoms with Crippen LogP contribution in [0.3, 0.4) is 0 Å². The first-order chi connectivity index (χ1) is 16.8. The highest BCUT2D eigenvalue weighted by Crippen LogP contribution is 2.41.